The van der Waals surface area contributed by atoms with E-state index in [2.05, 4.69) is 36.8 Å². The summed E-state index contributed by atoms with van der Waals surface area (Å²) in [5, 5.41) is 20.0. The molecular weight excluding hydrogens is 501 g/mol. The molecule has 12 heteroatoms. The zero-order valence-electron chi connectivity index (χ0n) is 20.9. The number of halogens is 1. The quantitative estimate of drug-likeness (QED) is 0.277. The number of anilines is 1. The van der Waals surface area contributed by atoms with Gasteiger partial charge >= 0.3 is 0 Å². The van der Waals surface area contributed by atoms with E-state index < -0.39 is 5.82 Å². The summed E-state index contributed by atoms with van der Waals surface area (Å²) in [5.74, 6) is 1.30. The van der Waals surface area contributed by atoms with E-state index >= 15 is 0 Å². The summed E-state index contributed by atoms with van der Waals surface area (Å²) in [6, 6.07) is 11.3. The van der Waals surface area contributed by atoms with Gasteiger partial charge in [0.2, 0.25) is 0 Å². The van der Waals surface area contributed by atoms with Crippen LogP contribution >= 0.6 is 0 Å². The van der Waals surface area contributed by atoms with Crippen molar-refractivity contribution in [2.75, 3.05) is 31.6 Å². The van der Waals surface area contributed by atoms with Gasteiger partial charge in [0.25, 0.3) is 0 Å². The van der Waals surface area contributed by atoms with Crippen molar-refractivity contribution in [1.82, 2.24) is 30.0 Å². The second-order valence-corrected chi connectivity index (χ2v) is 8.68. The van der Waals surface area contributed by atoms with Gasteiger partial charge in [-0.1, -0.05) is 6.07 Å². The largest absolute Gasteiger partial charge is 0.489 e. The van der Waals surface area contributed by atoms with Gasteiger partial charge in [0, 0.05) is 49.4 Å². The zero-order chi connectivity index (χ0) is 27.0. The molecule has 11 nitrogen and oxygen atoms in total. The maximum absolute atomic E-state index is 13.2. The molecule has 0 saturated carbocycles. The first kappa shape index (κ1) is 25.8. The lowest BCUT2D eigenvalue weighted by Crippen LogP contribution is -2.41. The summed E-state index contributed by atoms with van der Waals surface area (Å²) in [6.45, 7) is 3.05. The van der Waals surface area contributed by atoms with Gasteiger partial charge in [0.15, 0.2) is 11.6 Å². The highest BCUT2D eigenvalue weighted by Crippen LogP contribution is 2.30. The van der Waals surface area contributed by atoms with Crippen molar-refractivity contribution in [1.29, 1.82) is 5.26 Å². The van der Waals surface area contributed by atoms with Crippen molar-refractivity contribution in [3.05, 3.63) is 84.6 Å². The highest BCUT2D eigenvalue weighted by molar-refractivity contribution is 5.85. The summed E-state index contributed by atoms with van der Waals surface area (Å²) in [5.41, 5.74) is 8.70. The highest BCUT2D eigenvalue weighted by atomic mass is 19.1. The SMILES string of the molecule is N#CC(=CN)c1ncc(OCC2CNCCO2)cc1-c1ccc(NCc2ccc(-n3cc(F)cn3)nc2)nc1. The fraction of sp³-hybridized carbons (Fsp3) is 0.222. The second-order valence-electron chi connectivity index (χ2n) is 8.68. The molecule has 4 aromatic heterocycles. The van der Waals surface area contributed by atoms with Crippen LogP contribution < -0.4 is 21.1 Å². The Kier molecular flexibility index (Phi) is 8.01. The number of hydrogen-bond acceptors (Lipinski definition) is 10. The van der Waals surface area contributed by atoms with Crippen LogP contribution in [-0.4, -0.2) is 57.1 Å². The molecule has 5 heterocycles. The maximum Gasteiger partial charge on any atom is 0.161 e. The number of allylic oxidation sites excluding steroid dienone is 1. The molecular formula is C27H26FN9O2. The molecule has 0 aliphatic carbocycles. The van der Waals surface area contributed by atoms with Crippen molar-refractivity contribution in [2.45, 2.75) is 12.6 Å². The topological polar surface area (TPSA) is 149 Å². The van der Waals surface area contributed by atoms with Crippen molar-refractivity contribution in [3.63, 3.8) is 0 Å². The average molecular weight is 528 g/mol. The molecule has 1 saturated heterocycles. The summed E-state index contributed by atoms with van der Waals surface area (Å²) in [6.07, 6.45) is 8.54. The Morgan fingerprint density at radius 1 is 1.23 bits per heavy atom. The molecule has 39 heavy (non-hydrogen) atoms. The molecule has 4 aromatic rings. The lowest BCUT2D eigenvalue weighted by Gasteiger charge is -2.23. The number of nitrogens with zero attached hydrogens (tertiary/aromatic N) is 6. The summed E-state index contributed by atoms with van der Waals surface area (Å²) in [7, 11) is 0. The first-order valence-corrected chi connectivity index (χ1v) is 12.3. The molecule has 0 bridgehead atoms. The summed E-state index contributed by atoms with van der Waals surface area (Å²) < 4.78 is 26.2. The van der Waals surface area contributed by atoms with E-state index in [4.69, 9.17) is 15.2 Å². The molecule has 0 radical (unpaired) electrons. The Morgan fingerprint density at radius 3 is 2.82 bits per heavy atom. The average Bonchev–Trinajstić information content (AvgIpc) is 3.43. The fourth-order valence-corrected chi connectivity index (χ4v) is 3.98. The Labute approximate surface area is 224 Å². The molecule has 1 atom stereocenters. The Balaban J connectivity index is 1.28. The lowest BCUT2D eigenvalue weighted by atomic mass is 10.0. The number of nitrogens with one attached hydrogen (secondary N) is 2. The van der Waals surface area contributed by atoms with E-state index in [1.165, 1.54) is 17.1 Å². The van der Waals surface area contributed by atoms with Crippen LogP contribution in [0.1, 0.15) is 11.3 Å². The van der Waals surface area contributed by atoms with E-state index in [9.17, 15) is 9.65 Å². The molecule has 1 aliphatic rings. The van der Waals surface area contributed by atoms with Crippen LogP contribution in [0, 0.1) is 17.1 Å². The number of nitrogens with two attached hydrogens (primary N) is 1. The molecule has 1 fully saturated rings. The van der Waals surface area contributed by atoms with Crippen LogP contribution in [0.4, 0.5) is 10.2 Å². The second kappa shape index (κ2) is 12.1. The normalized spacial score (nSPS) is 15.5. The third kappa shape index (κ3) is 6.35. The van der Waals surface area contributed by atoms with Gasteiger partial charge in [0.05, 0.1) is 36.5 Å². The number of pyridine rings is 3. The Morgan fingerprint density at radius 2 is 2.15 bits per heavy atom. The summed E-state index contributed by atoms with van der Waals surface area (Å²) >= 11 is 0. The number of rotatable bonds is 9. The van der Waals surface area contributed by atoms with Gasteiger partial charge < -0.3 is 25.8 Å². The van der Waals surface area contributed by atoms with E-state index in [1.54, 1.807) is 24.7 Å². The minimum absolute atomic E-state index is 0.0486. The van der Waals surface area contributed by atoms with E-state index in [0.29, 0.717) is 48.4 Å². The molecule has 0 spiro atoms. The number of nitriles is 1. The minimum Gasteiger partial charge on any atom is -0.489 e. The highest BCUT2D eigenvalue weighted by Gasteiger charge is 2.17. The molecule has 0 amide bonds. The first-order chi connectivity index (χ1) is 19.1. The zero-order valence-corrected chi connectivity index (χ0v) is 20.9. The van der Waals surface area contributed by atoms with Crippen molar-refractivity contribution >= 4 is 11.4 Å². The Bertz CT molecular complexity index is 1470. The first-order valence-electron chi connectivity index (χ1n) is 12.3. The third-order valence-electron chi connectivity index (χ3n) is 5.99. The minimum atomic E-state index is -0.422. The molecule has 0 aromatic carbocycles. The number of hydrogen-bond donors (Lipinski definition) is 3. The number of ether oxygens (including phenoxy) is 2. The van der Waals surface area contributed by atoms with Crippen LogP contribution in [0.2, 0.25) is 0 Å². The predicted octanol–water partition coefficient (Wildman–Crippen LogP) is 2.67. The maximum atomic E-state index is 13.2. The van der Waals surface area contributed by atoms with Gasteiger partial charge in [-0.05, 0) is 29.8 Å². The van der Waals surface area contributed by atoms with Crippen molar-refractivity contribution < 1.29 is 13.9 Å². The van der Waals surface area contributed by atoms with E-state index in [0.717, 1.165) is 30.4 Å². The molecule has 198 valence electrons. The number of aromatic nitrogens is 5. The van der Waals surface area contributed by atoms with Gasteiger partial charge in [-0.25, -0.2) is 19.0 Å². The smallest absolute Gasteiger partial charge is 0.161 e. The predicted molar refractivity (Wildman–Crippen MR) is 142 cm³/mol. The number of morpholine rings is 1. The van der Waals surface area contributed by atoms with Gasteiger partial charge in [-0.2, -0.15) is 10.4 Å². The van der Waals surface area contributed by atoms with E-state index in [1.807, 2.05) is 24.3 Å². The van der Waals surface area contributed by atoms with Crippen molar-refractivity contribution in [2.24, 2.45) is 5.73 Å². The molecule has 5 rings (SSSR count). The standard InChI is InChI=1S/C27H26FN9O2/c28-21-13-36-37(16-21)26-4-1-18(11-34-26)10-32-25-3-2-19(12-33-25)24-7-22(15-35-27(24)20(8-29)9-30)39-17-23-14-31-5-6-38-23/h1-4,7-8,11-13,15-16,23,31H,5-6,10,14,17,29H2,(H,32,33). The lowest BCUT2D eigenvalue weighted by molar-refractivity contribution is 0.000134. The molecule has 1 unspecified atom stereocenters. The Hall–Kier alpha value is -4.86. The molecule has 1 aliphatic heterocycles. The van der Waals surface area contributed by atoms with Crippen LogP contribution in [0.5, 0.6) is 5.75 Å². The van der Waals surface area contributed by atoms with Crippen LogP contribution in [-0.2, 0) is 11.3 Å². The van der Waals surface area contributed by atoms with Gasteiger partial charge in [-0.3, -0.25) is 4.98 Å². The van der Waals surface area contributed by atoms with Crippen molar-refractivity contribution in [3.8, 4) is 28.8 Å². The third-order valence-corrected chi connectivity index (χ3v) is 5.99. The van der Waals surface area contributed by atoms with Crippen LogP contribution in [0.3, 0.4) is 0 Å². The summed E-state index contributed by atoms with van der Waals surface area (Å²) in [4.78, 5) is 13.3. The van der Waals surface area contributed by atoms with Gasteiger partial charge in [-0.15, -0.1) is 0 Å². The van der Waals surface area contributed by atoms with Crippen LogP contribution in [0.15, 0.2) is 67.5 Å². The van der Waals surface area contributed by atoms with Gasteiger partial charge in [0.1, 0.15) is 30.3 Å². The monoisotopic (exact) mass is 527 g/mol. The fourth-order valence-electron chi connectivity index (χ4n) is 3.98. The van der Waals surface area contributed by atoms with E-state index in [-0.39, 0.29) is 11.7 Å². The molecule has 4 N–H and O–H groups in total. The van der Waals surface area contributed by atoms with Crippen LogP contribution in [0.25, 0.3) is 22.5 Å².